The number of rotatable bonds is 5. The molecule has 0 aromatic heterocycles. The Bertz CT molecular complexity index is 414. The van der Waals surface area contributed by atoms with Crippen molar-refractivity contribution in [3.63, 3.8) is 0 Å². The fourth-order valence-electron chi connectivity index (χ4n) is 1.51. The van der Waals surface area contributed by atoms with E-state index in [1.807, 2.05) is 0 Å². The maximum absolute atomic E-state index is 11.0. The third-order valence-electron chi connectivity index (χ3n) is 2.85. The van der Waals surface area contributed by atoms with Gasteiger partial charge in [-0.3, -0.25) is 4.79 Å². The van der Waals surface area contributed by atoms with Crippen molar-refractivity contribution in [3.8, 4) is 17.2 Å². The SMILES string of the molecule is CCC(C)COc1cc2c(cc1C=O)OCO2. The Morgan fingerprint density at radius 3 is 2.76 bits per heavy atom. The van der Waals surface area contributed by atoms with Gasteiger partial charge in [0, 0.05) is 6.07 Å². The molecule has 4 nitrogen and oxygen atoms in total. The highest BCUT2D eigenvalue weighted by atomic mass is 16.7. The maximum atomic E-state index is 11.0. The van der Waals surface area contributed by atoms with E-state index in [0.29, 0.717) is 35.3 Å². The molecule has 4 heteroatoms. The van der Waals surface area contributed by atoms with Crippen LogP contribution in [0.3, 0.4) is 0 Å². The number of aldehydes is 1. The monoisotopic (exact) mass is 236 g/mol. The molecular weight excluding hydrogens is 220 g/mol. The van der Waals surface area contributed by atoms with Gasteiger partial charge in [-0.2, -0.15) is 0 Å². The van der Waals surface area contributed by atoms with Crippen molar-refractivity contribution in [2.75, 3.05) is 13.4 Å². The summed E-state index contributed by atoms with van der Waals surface area (Å²) < 4.78 is 16.1. The van der Waals surface area contributed by atoms with Crippen LogP contribution in [-0.2, 0) is 0 Å². The molecule has 1 aromatic carbocycles. The first-order valence-corrected chi connectivity index (χ1v) is 5.76. The minimum absolute atomic E-state index is 0.197. The van der Waals surface area contributed by atoms with Gasteiger partial charge in [0.15, 0.2) is 17.8 Å². The fourth-order valence-corrected chi connectivity index (χ4v) is 1.51. The first kappa shape index (κ1) is 11.8. The second-order valence-electron chi connectivity index (χ2n) is 4.19. The van der Waals surface area contributed by atoms with E-state index in [9.17, 15) is 4.79 Å². The second-order valence-corrected chi connectivity index (χ2v) is 4.19. The lowest BCUT2D eigenvalue weighted by molar-refractivity contribution is 0.111. The van der Waals surface area contributed by atoms with E-state index < -0.39 is 0 Å². The van der Waals surface area contributed by atoms with E-state index >= 15 is 0 Å². The third-order valence-corrected chi connectivity index (χ3v) is 2.85. The average Bonchev–Trinajstić information content (AvgIpc) is 2.81. The van der Waals surface area contributed by atoms with Gasteiger partial charge in [0.2, 0.25) is 6.79 Å². The summed E-state index contributed by atoms with van der Waals surface area (Å²) in [5.74, 6) is 2.25. The van der Waals surface area contributed by atoms with Gasteiger partial charge in [0.25, 0.3) is 0 Å². The fraction of sp³-hybridized carbons (Fsp3) is 0.462. The molecule has 1 heterocycles. The lowest BCUT2D eigenvalue weighted by atomic mass is 10.1. The van der Waals surface area contributed by atoms with Crippen molar-refractivity contribution in [1.29, 1.82) is 0 Å². The molecule has 92 valence electrons. The first-order chi connectivity index (χ1) is 8.24. The van der Waals surface area contributed by atoms with E-state index in [2.05, 4.69) is 13.8 Å². The Morgan fingerprint density at radius 2 is 2.12 bits per heavy atom. The summed E-state index contributed by atoms with van der Waals surface area (Å²) in [6, 6.07) is 3.37. The normalized spacial score (nSPS) is 14.5. The minimum Gasteiger partial charge on any atom is -0.492 e. The van der Waals surface area contributed by atoms with Gasteiger partial charge in [-0.15, -0.1) is 0 Å². The van der Waals surface area contributed by atoms with Gasteiger partial charge >= 0.3 is 0 Å². The van der Waals surface area contributed by atoms with Crippen LogP contribution in [0.5, 0.6) is 17.2 Å². The summed E-state index contributed by atoms with van der Waals surface area (Å²) in [4.78, 5) is 11.0. The van der Waals surface area contributed by atoms with Crippen LogP contribution in [0.4, 0.5) is 0 Å². The number of hydrogen-bond acceptors (Lipinski definition) is 4. The molecule has 0 saturated heterocycles. The maximum Gasteiger partial charge on any atom is 0.231 e. The Kier molecular flexibility index (Phi) is 3.52. The molecular formula is C13H16O4. The van der Waals surface area contributed by atoms with Gasteiger partial charge in [-0.05, 0) is 12.0 Å². The third kappa shape index (κ3) is 2.52. The molecule has 0 fully saturated rings. The molecule has 1 atom stereocenters. The standard InChI is InChI=1S/C13H16O4/c1-3-9(2)7-15-11-5-13-12(16-8-17-13)4-10(11)6-14/h4-6,9H,3,7-8H2,1-2H3. The minimum atomic E-state index is 0.197. The molecule has 0 saturated carbocycles. The van der Waals surface area contributed by atoms with Crippen molar-refractivity contribution in [1.82, 2.24) is 0 Å². The van der Waals surface area contributed by atoms with Crippen LogP contribution in [-0.4, -0.2) is 19.7 Å². The molecule has 1 aromatic rings. The number of fused-ring (bicyclic) bond motifs is 1. The number of hydrogen-bond donors (Lipinski definition) is 0. The van der Waals surface area contributed by atoms with E-state index in [-0.39, 0.29) is 6.79 Å². The molecule has 1 aliphatic rings. The molecule has 1 aliphatic heterocycles. The lowest BCUT2D eigenvalue weighted by Crippen LogP contribution is -2.08. The van der Waals surface area contributed by atoms with Crippen LogP contribution < -0.4 is 14.2 Å². The number of carbonyl (C=O) groups is 1. The number of benzene rings is 1. The molecule has 2 rings (SSSR count). The highest BCUT2D eigenvalue weighted by Crippen LogP contribution is 2.37. The molecule has 0 radical (unpaired) electrons. The summed E-state index contributed by atoms with van der Waals surface area (Å²) >= 11 is 0. The van der Waals surface area contributed by atoms with Gasteiger partial charge in [-0.25, -0.2) is 0 Å². The lowest BCUT2D eigenvalue weighted by Gasteiger charge is -2.12. The summed E-state index contributed by atoms with van der Waals surface area (Å²) in [5, 5.41) is 0. The van der Waals surface area contributed by atoms with E-state index in [0.717, 1.165) is 12.7 Å². The number of carbonyl (C=O) groups excluding carboxylic acids is 1. The van der Waals surface area contributed by atoms with Gasteiger partial charge in [0.05, 0.1) is 12.2 Å². The summed E-state index contributed by atoms with van der Waals surface area (Å²) in [7, 11) is 0. The Morgan fingerprint density at radius 1 is 1.41 bits per heavy atom. The van der Waals surface area contributed by atoms with Crippen LogP contribution in [0.25, 0.3) is 0 Å². The van der Waals surface area contributed by atoms with Crippen LogP contribution in [0.2, 0.25) is 0 Å². The molecule has 0 spiro atoms. The van der Waals surface area contributed by atoms with Gasteiger partial charge < -0.3 is 14.2 Å². The van der Waals surface area contributed by atoms with Crippen LogP contribution in [0, 0.1) is 5.92 Å². The Balaban J connectivity index is 2.17. The Labute approximate surface area is 100 Å². The van der Waals surface area contributed by atoms with Crippen molar-refractivity contribution < 1.29 is 19.0 Å². The zero-order chi connectivity index (χ0) is 12.3. The predicted molar refractivity (Wildman–Crippen MR) is 62.9 cm³/mol. The van der Waals surface area contributed by atoms with Crippen molar-refractivity contribution in [3.05, 3.63) is 17.7 Å². The van der Waals surface area contributed by atoms with Crippen LogP contribution >= 0.6 is 0 Å². The quantitative estimate of drug-likeness (QED) is 0.737. The van der Waals surface area contributed by atoms with Crippen LogP contribution in [0.15, 0.2) is 12.1 Å². The second kappa shape index (κ2) is 5.08. The van der Waals surface area contributed by atoms with Crippen molar-refractivity contribution >= 4 is 6.29 Å². The zero-order valence-electron chi connectivity index (χ0n) is 10.1. The number of ether oxygens (including phenoxy) is 3. The Hall–Kier alpha value is -1.71. The molecule has 0 amide bonds. The first-order valence-electron chi connectivity index (χ1n) is 5.76. The highest BCUT2D eigenvalue weighted by Gasteiger charge is 2.18. The van der Waals surface area contributed by atoms with E-state index in [1.165, 1.54) is 0 Å². The summed E-state index contributed by atoms with van der Waals surface area (Å²) in [6.07, 6.45) is 1.81. The van der Waals surface area contributed by atoms with E-state index in [1.54, 1.807) is 12.1 Å². The molecule has 17 heavy (non-hydrogen) atoms. The smallest absolute Gasteiger partial charge is 0.231 e. The molecule has 0 N–H and O–H groups in total. The average molecular weight is 236 g/mol. The van der Waals surface area contributed by atoms with Crippen molar-refractivity contribution in [2.24, 2.45) is 5.92 Å². The zero-order valence-corrected chi connectivity index (χ0v) is 10.1. The summed E-state index contributed by atoms with van der Waals surface area (Å²) in [5.41, 5.74) is 0.498. The van der Waals surface area contributed by atoms with Gasteiger partial charge in [0.1, 0.15) is 5.75 Å². The van der Waals surface area contributed by atoms with Gasteiger partial charge in [-0.1, -0.05) is 20.3 Å². The highest BCUT2D eigenvalue weighted by molar-refractivity contribution is 5.81. The largest absolute Gasteiger partial charge is 0.492 e. The topological polar surface area (TPSA) is 44.8 Å². The van der Waals surface area contributed by atoms with Crippen molar-refractivity contribution in [2.45, 2.75) is 20.3 Å². The molecule has 0 aliphatic carbocycles. The van der Waals surface area contributed by atoms with E-state index in [4.69, 9.17) is 14.2 Å². The molecule has 0 bridgehead atoms. The predicted octanol–water partition coefficient (Wildman–Crippen LogP) is 2.65. The summed E-state index contributed by atoms with van der Waals surface area (Å²) in [6.45, 7) is 5.00. The van der Waals surface area contributed by atoms with Crippen LogP contribution in [0.1, 0.15) is 30.6 Å². The molecule has 1 unspecified atom stereocenters.